The van der Waals surface area contributed by atoms with Crippen LogP contribution in [0.3, 0.4) is 0 Å². The molecular formula is C42H71N. The van der Waals surface area contributed by atoms with Gasteiger partial charge in [0.05, 0.1) is 0 Å². The predicted octanol–water partition coefficient (Wildman–Crippen LogP) is 13.3. The van der Waals surface area contributed by atoms with Gasteiger partial charge < -0.3 is 5.32 Å². The summed E-state index contributed by atoms with van der Waals surface area (Å²) in [6.45, 7) is 45.5. The molecule has 0 aromatic rings. The molecule has 244 valence electrons. The Hall–Kier alpha value is -2.72. The number of terminal acetylenes is 1. The third-order valence-corrected chi connectivity index (χ3v) is 7.24. The number of hydrogen-bond donors (Lipinski definition) is 1. The highest BCUT2D eigenvalue weighted by atomic mass is 14.9. The Bertz CT molecular complexity index is 1000. The zero-order chi connectivity index (χ0) is 34.3. The van der Waals surface area contributed by atoms with E-state index in [2.05, 4.69) is 151 Å². The normalized spacial score (nSPS) is 17.1. The average molecular weight is 590 g/mol. The molecule has 2 unspecified atom stereocenters. The topological polar surface area (TPSA) is 12.0 Å². The number of nitrogens with one attached hydrogen (secondary N) is 1. The molecule has 0 bridgehead atoms. The highest BCUT2D eigenvalue weighted by Crippen LogP contribution is 2.32. The van der Waals surface area contributed by atoms with Gasteiger partial charge in [-0.1, -0.05) is 167 Å². The van der Waals surface area contributed by atoms with Crippen LogP contribution in [0, 0.1) is 41.4 Å². The maximum atomic E-state index is 4.60. The van der Waals surface area contributed by atoms with Crippen LogP contribution in [0.5, 0.6) is 0 Å². The molecule has 0 aliphatic heterocycles. The molecule has 0 saturated heterocycles. The molecule has 1 N–H and O–H groups in total. The fraction of sp³-hybridized carbons (Fsp3) is 0.571. The minimum Gasteiger partial charge on any atom is -0.363 e. The van der Waals surface area contributed by atoms with E-state index >= 15 is 0 Å². The second kappa shape index (κ2) is 24.7. The van der Waals surface area contributed by atoms with Crippen molar-refractivity contribution in [2.45, 2.75) is 129 Å². The zero-order valence-electron chi connectivity index (χ0n) is 31.1. The summed E-state index contributed by atoms with van der Waals surface area (Å²) in [5, 5.41) is 3.09. The summed E-state index contributed by atoms with van der Waals surface area (Å²) in [5.41, 5.74) is 9.49. The first-order valence-electron chi connectivity index (χ1n) is 16.4. The molecule has 0 amide bonds. The van der Waals surface area contributed by atoms with Gasteiger partial charge in [-0.05, 0) is 70.1 Å². The lowest BCUT2D eigenvalue weighted by molar-refractivity contribution is 0.476. The van der Waals surface area contributed by atoms with Gasteiger partial charge in [-0.3, -0.25) is 0 Å². The number of allylic oxidation sites excluding steroid dienone is 12. The fourth-order valence-corrected chi connectivity index (χ4v) is 4.47. The van der Waals surface area contributed by atoms with E-state index in [-0.39, 0.29) is 5.41 Å². The first-order valence-corrected chi connectivity index (χ1v) is 16.4. The van der Waals surface area contributed by atoms with Gasteiger partial charge in [-0.25, -0.2) is 0 Å². The number of hydrogen-bond acceptors (Lipinski definition) is 1. The van der Waals surface area contributed by atoms with E-state index in [1.165, 1.54) is 24.8 Å². The van der Waals surface area contributed by atoms with E-state index in [0.717, 1.165) is 35.7 Å². The van der Waals surface area contributed by atoms with Crippen LogP contribution >= 0.6 is 0 Å². The van der Waals surface area contributed by atoms with E-state index in [9.17, 15) is 0 Å². The zero-order valence-corrected chi connectivity index (χ0v) is 31.1. The molecule has 0 spiro atoms. The monoisotopic (exact) mass is 590 g/mol. The summed E-state index contributed by atoms with van der Waals surface area (Å²) >= 11 is 0. The smallest absolute Gasteiger partial charge is 0.0130 e. The molecule has 43 heavy (non-hydrogen) atoms. The van der Waals surface area contributed by atoms with Crippen molar-refractivity contribution in [3.63, 3.8) is 0 Å². The molecule has 1 nitrogen and oxygen atoms in total. The standard InChI is InChI=1S/C14H20.C13H22.C9H17N.C3H8.C3H4/c1-5-11(2)9-10-14-12(3)7-6-8-13(14)4;1-9(2)12-6-7-13(10(3)4)11(5)8-12;1-7(2)10-8(3)9(4,5)6;2*1-3-2/h5-7,13H,1-2,8-10H2,3-4H3;6-7,9-11H,8H2,1-5H3;10H,1,3H2,2,4-6H3;3H2,1-2H3;1H,2H3. The Labute approximate surface area is 271 Å². The quantitative estimate of drug-likeness (QED) is 0.219. The molecule has 2 atom stereocenters. The van der Waals surface area contributed by atoms with Crippen molar-refractivity contribution in [3.05, 3.63) is 96.0 Å². The second-order valence-corrected chi connectivity index (χ2v) is 13.6. The van der Waals surface area contributed by atoms with Crippen LogP contribution in [-0.4, -0.2) is 0 Å². The molecule has 2 aliphatic rings. The summed E-state index contributed by atoms with van der Waals surface area (Å²) in [4.78, 5) is 0. The van der Waals surface area contributed by atoms with Crippen molar-refractivity contribution in [1.29, 1.82) is 0 Å². The largest absolute Gasteiger partial charge is 0.363 e. The van der Waals surface area contributed by atoms with E-state index in [0.29, 0.717) is 17.8 Å². The molecule has 0 fully saturated rings. The SMILES string of the molecule is C#CC.C=C(C)NC(=C)C(C)(C)C.C=CC(=C)CCC1=C(C)C=CCC1C.CC(C)C1=CC=C(C(C)C)C(C)C1.CCC. The van der Waals surface area contributed by atoms with Gasteiger partial charge >= 0.3 is 0 Å². The summed E-state index contributed by atoms with van der Waals surface area (Å²) in [6.07, 6.45) is 21.5. The van der Waals surface area contributed by atoms with Crippen LogP contribution in [-0.2, 0) is 0 Å². The minimum absolute atomic E-state index is 0.124. The summed E-state index contributed by atoms with van der Waals surface area (Å²) in [7, 11) is 0. The molecule has 0 saturated carbocycles. The highest BCUT2D eigenvalue weighted by molar-refractivity contribution is 5.30. The number of rotatable bonds is 8. The van der Waals surface area contributed by atoms with Crippen molar-refractivity contribution in [1.82, 2.24) is 5.32 Å². The summed E-state index contributed by atoms with van der Waals surface area (Å²) in [6, 6.07) is 0. The lowest BCUT2D eigenvalue weighted by atomic mass is 9.80. The molecule has 0 aromatic heterocycles. The molecule has 2 rings (SSSR count). The Balaban J connectivity index is -0.000000516. The van der Waals surface area contributed by atoms with E-state index in [1.807, 2.05) is 13.0 Å². The van der Waals surface area contributed by atoms with Gasteiger partial charge in [-0.15, -0.1) is 12.3 Å². The molecular weight excluding hydrogens is 518 g/mol. The fourth-order valence-electron chi connectivity index (χ4n) is 4.47. The Morgan fingerprint density at radius 2 is 1.56 bits per heavy atom. The summed E-state index contributed by atoms with van der Waals surface area (Å²) < 4.78 is 0. The Kier molecular flexibility index (Phi) is 25.7. The van der Waals surface area contributed by atoms with Gasteiger partial charge in [-0.2, -0.15) is 0 Å². The molecule has 0 radical (unpaired) electrons. The van der Waals surface area contributed by atoms with Crippen LogP contribution in [0.1, 0.15) is 129 Å². The molecule has 0 aromatic carbocycles. The molecule has 1 heteroatoms. The van der Waals surface area contributed by atoms with Crippen molar-refractivity contribution in [3.8, 4) is 12.3 Å². The summed E-state index contributed by atoms with van der Waals surface area (Å²) in [5.74, 6) is 5.13. The Morgan fingerprint density at radius 3 is 1.88 bits per heavy atom. The third-order valence-electron chi connectivity index (χ3n) is 7.24. The molecule has 2 aliphatic carbocycles. The third kappa shape index (κ3) is 22.5. The lowest BCUT2D eigenvalue weighted by Gasteiger charge is -2.26. The highest BCUT2D eigenvalue weighted by Gasteiger charge is 2.18. The van der Waals surface area contributed by atoms with Crippen molar-refractivity contribution in [2.24, 2.45) is 29.1 Å². The van der Waals surface area contributed by atoms with E-state index in [1.54, 1.807) is 23.6 Å². The van der Waals surface area contributed by atoms with E-state index in [4.69, 9.17) is 0 Å². The van der Waals surface area contributed by atoms with Crippen LogP contribution in [0.25, 0.3) is 0 Å². The molecule has 0 heterocycles. The first-order chi connectivity index (χ1) is 19.8. The predicted molar refractivity (Wildman–Crippen MR) is 201 cm³/mol. The van der Waals surface area contributed by atoms with Crippen LogP contribution in [0.15, 0.2) is 96.0 Å². The van der Waals surface area contributed by atoms with Crippen LogP contribution in [0.2, 0.25) is 0 Å². The van der Waals surface area contributed by atoms with Crippen molar-refractivity contribution < 1.29 is 0 Å². The maximum absolute atomic E-state index is 4.60. The van der Waals surface area contributed by atoms with Gasteiger partial charge in [0, 0.05) is 16.8 Å². The van der Waals surface area contributed by atoms with Gasteiger partial charge in [0.2, 0.25) is 0 Å². The average Bonchev–Trinajstić information content (AvgIpc) is 2.88. The lowest BCUT2D eigenvalue weighted by Crippen LogP contribution is -2.21. The second-order valence-electron chi connectivity index (χ2n) is 13.6. The van der Waals surface area contributed by atoms with Gasteiger partial charge in [0.15, 0.2) is 0 Å². The van der Waals surface area contributed by atoms with Gasteiger partial charge in [0.25, 0.3) is 0 Å². The van der Waals surface area contributed by atoms with Crippen LogP contribution in [0.4, 0.5) is 0 Å². The van der Waals surface area contributed by atoms with Crippen molar-refractivity contribution >= 4 is 0 Å². The van der Waals surface area contributed by atoms with Crippen molar-refractivity contribution in [2.75, 3.05) is 0 Å². The van der Waals surface area contributed by atoms with E-state index < -0.39 is 0 Å². The first kappa shape index (κ1) is 44.7. The van der Waals surface area contributed by atoms with Crippen LogP contribution < -0.4 is 5.32 Å². The maximum Gasteiger partial charge on any atom is 0.0130 e. The minimum atomic E-state index is 0.124. The van der Waals surface area contributed by atoms with Gasteiger partial charge in [0.1, 0.15) is 0 Å². The Morgan fingerprint density at radius 1 is 1.05 bits per heavy atom.